The van der Waals surface area contributed by atoms with E-state index >= 15 is 0 Å². The number of ether oxygens (including phenoxy) is 1. The Bertz CT molecular complexity index is 493. The first-order valence-corrected chi connectivity index (χ1v) is 5.09. The molecule has 14 heavy (non-hydrogen) atoms. The highest BCUT2D eigenvalue weighted by Gasteiger charge is 2.15. The minimum Gasteiger partial charge on any atom is -0.487 e. The number of fused-ring (bicyclic) bond motifs is 4. The maximum absolute atomic E-state index is 5.60. The molecule has 0 spiro atoms. The zero-order valence-electron chi connectivity index (χ0n) is 7.25. The molecule has 0 unspecified atom stereocenters. The molecular formula is C10H7BrN2O. The summed E-state index contributed by atoms with van der Waals surface area (Å²) in [6.07, 6.45) is 0. The number of hydrogen-bond acceptors (Lipinski definition) is 2. The Labute approximate surface area is 89.2 Å². The zero-order valence-corrected chi connectivity index (χ0v) is 8.84. The molecule has 70 valence electrons. The van der Waals surface area contributed by atoms with Crippen molar-refractivity contribution in [2.45, 2.75) is 6.61 Å². The van der Waals surface area contributed by atoms with E-state index in [1.54, 1.807) is 0 Å². The Morgan fingerprint density at radius 1 is 1.36 bits per heavy atom. The maximum Gasteiger partial charge on any atom is 0.130 e. The average molecular weight is 251 g/mol. The second kappa shape index (κ2) is 2.85. The second-order valence-electron chi connectivity index (χ2n) is 3.21. The summed E-state index contributed by atoms with van der Waals surface area (Å²) in [5, 5.41) is 7.14. The number of rotatable bonds is 0. The smallest absolute Gasteiger partial charge is 0.130 e. The van der Waals surface area contributed by atoms with Gasteiger partial charge in [-0.15, -0.1) is 0 Å². The lowest BCUT2D eigenvalue weighted by molar-refractivity contribution is 0.302. The van der Waals surface area contributed by atoms with E-state index in [0.29, 0.717) is 6.61 Å². The fraction of sp³-hybridized carbons (Fsp3) is 0.100. The van der Waals surface area contributed by atoms with Crippen LogP contribution >= 0.6 is 15.9 Å². The largest absolute Gasteiger partial charge is 0.487 e. The molecule has 0 saturated heterocycles. The predicted octanol–water partition coefficient (Wildman–Crippen LogP) is 2.73. The molecule has 0 saturated carbocycles. The first kappa shape index (κ1) is 8.05. The summed E-state index contributed by atoms with van der Waals surface area (Å²) < 4.78 is 6.64. The van der Waals surface area contributed by atoms with Crippen LogP contribution in [0.4, 0.5) is 0 Å². The summed E-state index contributed by atoms with van der Waals surface area (Å²) >= 11 is 3.43. The van der Waals surface area contributed by atoms with Gasteiger partial charge in [0.25, 0.3) is 0 Å². The number of aromatic amines is 1. The number of hydrogen-bond donors (Lipinski definition) is 1. The molecule has 4 heteroatoms. The van der Waals surface area contributed by atoms with Crippen LogP contribution in [0.5, 0.6) is 5.75 Å². The van der Waals surface area contributed by atoms with Crippen LogP contribution in [0.25, 0.3) is 11.3 Å². The van der Waals surface area contributed by atoms with Gasteiger partial charge in [0.2, 0.25) is 0 Å². The minimum atomic E-state index is 0.557. The van der Waals surface area contributed by atoms with Gasteiger partial charge in [-0.25, -0.2) is 0 Å². The van der Waals surface area contributed by atoms with Crippen molar-refractivity contribution < 1.29 is 4.74 Å². The maximum atomic E-state index is 5.60. The Morgan fingerprint density at radius 2 is 2.29 bits per heavy atom. The zero-order chi connectivity index (χ0) is 9.54. The second-order valence-corrected chi connectivity index (χ2v) is 4.12. The van der Waals surface area contributed by atoms with E-state index in [9.17, 15) is 0 Å². The monoisotopic (exact) mass is 250 g/mol. The number of nitrogens with zero attached hydrogens (tertiary/aromatic N) is 1. The summed E-state index contributed by atoms with van der Waals surface area (Å²) in [7, 11) is 0. The van der Waals surface area contributed by atoms with Gasteiger partial charge in [-0.1, -0.05) is 15.9 Å². The van der Waals surface area contributed by atoms with Gasteiger partial charge in [-0.2, -0.15) is 5.10 Å². The predicted molar refractivity (Wildman–Crippen MR) is 56.1 cm³/mol. The molecule has 3 rings (SSSR count). The molecular weight excluding hydrogens is 244 g/mol. The van der Waals surface area contributed by atoms with Gasteiger partial charge in [-0.3, -0.25) is 5.10 Å². The minimum absolute atomic E-state index is 0.557. The highest BCUT2D eigenvalue weighted by Crippen LogP contribution is 2.34. The Balaban J connectivity index is 2.27. The Hall–Kier alpha value is -1.29. The van der Waals surface area contributed by atoms with E-state index in [-0.39, 0.29) is 0 Å². The van der Waals surface area contributed by atoms with Crippen LogP contribution in [0.2, 0.25) is 0 Å². The van der Waals surface area contributed by atoms with Gasteiger partial charge in [0.15, 0.2) is 0 Å². The number of H-pyrrole nitrogens is 1. The summed E-state index contributed by atoms with van der Waals surface area (Å²) in [5.74, 6) is 0.889. The van der Waals surface area contributed by atoms with Gasteiger partial charge < -0.3 is 4.74 Å². The van der Waals surface area contributed by atoms with Crippen molar-refractivity contribution in [3.8, 4) is 17.0 Å². The lowest BCUT2D eigenvalue weighted by Crippen LogP contribution is -1.97. The van der Waals surface area contributed by atoms with Crippen LogP contribution in [0.3, 0.4) is 0 Å². The summed E-state index contributed by atoms with van der Waals surface area (Å²) in [6, 6.07) is 7.95. The number of nitrogens with one attached hydrogen (secondary N) is 1. The first-order valence-electron chi connectivity index (χ1n) is 4.30. The molecule has 0 radical (unpaired) electrons. The van der Waals surface area contributed by atoms with Gasteiger partial charge in [0.1, 0.15) is 12.4 Å². The van der Waals surface area contributed by atoms with E-state index in [0.717, 1.165) is 27.2 Å². The van der Waals surface area contributed by atoms with Crippen LogP contribution in [-0.4, -0.2) is 10.2 Å². The van der Waals surface area contributed by atoms with Crippen molar-refractivity contribution in [1.29, 1.82) is 0 Å². The van der Waals surface area contributed by atoms with E-state index in [1.165, 1.54) is 0 Å². The van der Waals surface area contributed by atoms with E-state index < -0.39 is 0 Å². The number of halogens is 1. The van der Waals surface area contributed by atoms with Crippen molar-refractivity contribution >= 4 is 15.9 Å². The summed E-state index contributed by atoms with van der Waals surface area (Å²) in [5.41, 5.74) is 2.97. The van der Waals surface area contributed by atoms with Gasteiger partial charge in [-0.05, 0) is 24.3 Å². The third kappa shape index (κ3) is 1.14. The van der Waals surface area contributed by atoms with Crippen molar-refractivity contribution in [1.82, 2.24) is 10.2 Å². The van der Waals surface area contributed by atoms with E-state index in [1.807, 2.05) is 24.3 Å². The van der Waals surface area contributed by atoms with Crippen LogP contribution < -0.4 is 4.74 Å². The Kier molecular flexibility index (Phi) is 1.64. The molecule has 1 N–H and O–H groups in total. The van der Waals surface area contributed by atoms with Crippen molar-refractivity contribution in [3.05, 3.63) is 34.4 Å². The molecule has 0 fully saturated rings. The van der Waals surface area contributed by atoms with Crippen LogP contribution in [-0.2, 0) is 6.61 Å². The summed E-state index contributed by atoms with van der Waals surface area (Å²) in [4.78, 5) is 0. The normalized spacial score (nSPS) is 12.9. The molecule has 1 aromatic heterocycles. The molecule has 2 aromatic rings. The molecule has 0 atom stereocenters. The number of benzene rings is 1. The van der Waals surface area contributed by atoms with Gasteiger partial charge >= 0.3 is 0 Å². The molecule has 0 aliphatic carbocycles. The topological polar surface area (TPSA) is 37.9 Å². The van der Waals surface area contributed by atoms with Crippen LogP contribution in [0, 0.1) is 0 Å². The Morgan fingerprint density at radius 3 is 3.21 bits per heavy atom. The SMILES string of the molecule is Brc1ccc2c(c1)-c1cc([nH]n1)CO2. The molecule has 2 bridgehead atoms. The highest BCUT2D eigenvalue weighted by atomic mass is 79.9. The molecule has 1 aliphatic rings. The fourth-order valence-electron chi connectivity index (χ4n) is 1.56. The molecule has 1 aromatic carbocycles. The number of aromatic nitrogens is 2. The molecule has 3 nitrogen and oxygen atoms in total. The fourth-order valence-corrected chi connectivity index (χ4v) is 1.92. The lowest BCUT2D eigenvalue weighted by atomic mass is 10.1. The molecule has 2 heterocycles. The third-order valence-electron chi connectivity index (χ3n) is 2.23. The first-order chi connectivity index (χ1) is 6.83. The van der Waals surface area contributed by atoms with Crippen molar-refractivity contribution in [2.24, 2.45) is 0 Å². The van der Waals surface area contributed by atoms with Crippen LogP contribution in [0.15, 0.2) is 28.7 Å². The molecule has 0 amide bonds. The van der Waals surface area contributed by atoms with Crippen molar-refractivity contribution in [3.63, 3.8) is 0 Å². The van der Waals surface area contributed by atoms with Crippen molar-refractivity contribution in [2.75, 3.05) is 0 Å². The average Bonchev–Trinajstić information content (AvgIpc) is 2.56. The van der Waals surface area contributed by atoms with Gasteiger partial charge in [0, 0.05) is 10.0 Å². The highest BCUT2D eigenvalue weighted by molar-refractivity contribution is 9.10. The third-order valence-corrected chi connectivity index (χ3v) is 2.72. The van der Waals surface area contributed by atoms with E-state index in [4.69, 9.17) is 4.74 Å². The standard InChI is InChI=1S/C10H7BrN2O/c11-6-1-2-10-8(3-6)9-4-7(5-14-10)12-13-9/h1-4H,5H2,(H,12,13). The van der Waals surface area contributed by atoms with E-state index in [2.05, 4.69) is 26.1 Å². The lowest BCUT2D eigenvalue weighted by Gasteiger charge is -2.08. The molecule has 1 aliphatic heterocycles. The van der Waals surface area contributed by atoms with Gasteiger partial charge in [0.05, 0.1) is 11.4 Å². The quantitative estimate of drug-likeness (QED) is 0.781. The summed E-state index contributed by atoms with van der Waals surface area (Å²) in [6.45, 7) is 0.557. The van der Waals surface area contributed by atoms with Crippen LogP contribution in [0.1, 0.15) is 5.69 Å².